The minimum atomic E-state index is -3.84. The number of hydrogen-bond acceptors (Lipinski definition) is 5. The summed E-state index contributed by atoms with van der Waals surface area (Å²) in [5.74, 6) is -0.461. The Kier molecular flexibility index (Phi) is 7.47. The first-order chi connectivity index (χ1) is 16.7. The fraction of sp³-hybridized carbons (Fsp3) is 0.462. The van der Waals surface area contributed by atoms with E-state index < -0.39 is 16.1 Å². The molecule has 2 N–H and O–H groups in total. The first-order valence-electron chi connectivity index (χ1n) is 12.1. The van der Waals surface area contributed by atoms with Crippen LogP contribution in [0.4, 0.5) is 5.69 Å². The predicted molar refractivity (Wildman–Crippen MR) is 134 cm³/mol. The van der Waals surface area contributed by atoms with E-state index in [9.17, 15) is 18.0 Å². The average molecular weight is 500 g/mol. The minimum Gasteiger partial charge on any atom is -0.376 e. The maximum atomic E-state index is 13.3. The van der Waals surface area contributed by atoms with E-state index in [0.717, 1.165) is 37.0 Å². The van der Waals surface area contributed by atoms with Crippen LogP contribution in [-0.2, 0) is 19.6 Å². The van der Waals surface area contributed by atoms with Crippen LogP contribution in [0.5, 0.6) is 0 Å². The van der Waals surface area contributed by atoms with Crippen molar-refractivity contribution >= 4 is 27.5 Å². The quantitative estimate of drug-likeness (QED) is 0.608. The summed E-state index contributed by atoms with van der Waals surface area (Å²) in [5, 5.41) is 2.93. The summed E-state index contributed by atoms with van der Waals surface area (Å²) in [6, 6.07) is 9.38. The highest BCUT2D eigenvalue weighted by molar-refractivity contribution is 7.92. The van der Waals surface area contributed by atoms with Gasteiger partial charge in [-0.2, -0.15) is 0 Å². The number of likely N-dealkylation sites (tertiary alicyclic amines) is 1. The number of amides is 2. The first kappa shape index (κ1) is 25.2. The molecule has 2 amide bonds. The second-order valence-electron chi connectivity index (χ2n) is 9.43. The zero-order chi connectivity index (χ0) is 25.2. The summed E-state index contributed by atoms with van der Waals surface area (Å²) in [6.45, 7) is 7.23. The van der Waals surface area contributed by atoms with Crippen LogP contribution in [-0.4, -0.2) is 57.0 Å². The fourth-order valence-electron chi connectivity index (χ4n) is 4.74. The van der Waals surface area contributed by atoms with Crippen molar-refractivity contribution in [1.29, 1.82) is 0 Å². The lowest BCUT2D eigenvalue weighted by Gasteiger charge is -2.25. The van der Waals surface area contributed by atoms with Crippen molar-refractivity contribution < 1.29 is 22.7 Å². The summed E-state index contributed by atoms with van der Waals surface area (Å²) in [4.78, 5) is 27.9. The molecule has 2 aromatic rings. The maximum Gasteiger partial charge on any atom is 0.262 e. The lowest BCUT2D eigenvalue weighted by Crippen LogP contribution is -2.47. The molecule has 4 rings (SSSR count). The molecule has 0 radical (unpaired) electrons. The maximum absolute atomic E-state index is 13.3. The van der Waals surface area contributed by atoms with Crippen molar-refractivity contribution in [3.8, 4) is 0 Å². The Morgan fingerprint density at radius 1 is 1.03 bits per heavy atom. The molecule has 0 aliphatic carbocycles. The molecule has 2 aromatic carbocycles. The summed E-state index contributed by atoms with van der Waals surface area (Å²) in [6.07, 6.45) is 3.30. The molecule has 2 fully saturated rings. The monoisotopic (exact) mass is 499 g/mol. The van der Waals surface area contributed by atoms with E-state index in [1.165, 1.54) is 6.07 Å². The number of benzene rings is 2. The molecule has 2 saturated heterocycles. The van der Waals surface area contributed by atoms with Crippen molar-refractivity contribution in [3.63, 3.8) is 0 Å². The van der Waals surface area contributed by atoms with E-state index >= 15 is 0 Å². The molecular weight excluding hydrogens is 466 g/mol. The average Bonchev–Trinajstić information content (AvgIpc) is 3.51. The van der Waals surface area contributed by atoms with Crippen LogP contribution in [0.15, 0.2) is 41.3 Å². The van der Waals surface area contributed by atoms with Crippen LogP contribution in [0.1, 0.15) is 52.7 Å². The van der Waals surface area contributed by atoms with Gasteiger partial charge in [0.15, 0.2) is 0 Å². The molecule has 0 unspecified atom stereocenters. The van der Waals surface area contributed by atoms with Crippen LogP contribution in [0.2, 0.25) is 0 Å². The number of nitrogens with zero attached hydrogens (tertiary/aromatic N) is 1. The van der Waals surface area contributed by atoms with Gasteiger partial charge in [-0.1, -0.05) is 12.1 Å². The number of nitrogens with one attached hydrogen (secondary N) is 2. The molecule has 188 valence electrons. The molecule has 2 atom stereocenters. The number of carbonyl (C=O) groups excluding carboxylic acids is 2. The van der Waals surface area contributed by atoms with Gasteiger partial charge in [0.25, 0.3) is 15.9 Å². The number of hydrogen-bond donors (Lipinski definition) is 2. The van der Waals surface area contributed by atoms with Crippen molar-refractivity contribution in [2.24, 2.45) is 0 Å². The Labute approximate surface area is 207 Å². The van der Waals surface area contributed by atoms with Crippen molar-refractivity contribution in [1.82, 2.24) is 10.2 Å². The Balaban J connectivity index is 1.47. The molecule has 2 aliphatic rings. The molecule has 0 saturated carbocycles. The second-order valence-corrected chi connectivity index (χ2v) is 11.1. The zero-order valence-corrected chi connectivity index (χ0v) is 21.3. The third-order valence-corrected chi connectivity index (χ3v) is 8.31. The number of carbonyl (C=O) groups is 2. The van der Waals surface area contributed by atoms with E-state index in [-0.39, 0.29) is 22.8 Å². The number of ether oxygens (including phenoxy) is 1. The highest BCUT2D eigenvalue weighted by Crippen LogP contribution is 2.25. The van der Waals surface area contributed by atoms with Gasteiger partial charge >= 0.3 is 0 Å². The van der Waals surface area contributed by atoms with Gasteiger partial charge in [-0.25, -0.2) is 8.42 Å². The highest BCUT2D eigenvalue weighted by Gasteiger charge is 2.35. The summed E-state index contributed by atoms with van der Waals surface area (Å²) < 4.78 is 34.3. The molecule has 35 heavy (non-hydrogen) atoms. The largest absolute Gasteiger partial charge is 0.376 e. The normalized spacial score (nSPS) is 20.1. The summed E-state index contributed by atoms with van der Waals surface area (Å²) in [7, 11) is -3.84. The molecule has 9 heteroatoms. The summed E-state index contributed by atoms with van der Waals surface area (Å²) in [5.41, 5.74) is 3.20. The van der Waals surface area contributed by atoms with E-state index in [0.29, 0.717) is 36.3 Å². The van der Waals surface area contributed by atoms with Crippen LogP contribution in [0.3, 0.4) is 0 Å². The Hall–Kier alpha value is -2.91. The standard InChI is InChI=1S/C26H33N3O5S/c1-17-13-19(3)24(14-18(17)2)35(32,33)28-21-8-4-7-20(15-21)26(31)29-11-5-10-23(29)25(30)27-16-22-9-6-12-34-22/h4,7-8,13-15,22-23,28H,5-6,9-12,16H2,1-3H3,(H,27,30)/t22-,23-/m1/s1. The predicted octanol–water partition coefficient (Wildman–Crippen LogP) is 3.31. The third kappa shape index (κ3) is 5.67. The molecule has 2 heterocycles. The molecule has 0 aromatic heterocycles. The van der Waals surface area contributed by atoms with Crippen LogP contribution >= 0.6 is 0 Å². The van der Waals surface area contributed by atoms with E-state index in [4.69, 9.17) is 4.74 Å². The minimum absolute atomic E-state index is 0.0372. The topological polar surface area (TPSA) is 105 Å². The first-order valence-corrected chi connectivity index (χ1v) is 13.5. The van der Waals surface area contributed by atoms with Gasteiger partial charge in [-0.15, -0.1) is 0 Å². The van der Waals surface area contributed by atoms with Crippen LogP contribution < -0.4 is 10.0 Å². The Morgan fingerprint density at radius 3 is 2.54 bits per heavy atom. The molecule has 8 nitrogen and oxygen atoms in total. The number of rotatable bonds is 7. The van der Waals surface area contributed by atoms with E-state index in [2.05, 4.69) is 10.0 Å². The van der Waals surface area contributed by atoms with E-state index in [1.807, 2.05) is 19.9 Å². The third-order valence-electron chi connectivity index (χ3n) is 6.79. The number of sulfonamides is 1. The van der Waals surface area contributed by atoms with Crippen molar-refractivity contribution in [2.75, 3.05) is 24.4 Å². The van der Waals surface area contributed by atoms with Gasteiger partial charge in [0.1, 0.15) is 6.04 Å². The Morgan fingerprint density at radius 2 is 1.80 bits per heavy atom. The zero-order valence-electron chi connectivity index (χ0n) is 20.5. The number of aryl methyl sites for hydroxylation is 3. The van der Waals surface area contributed by atoms with Crippen LogP contribution in [0.25, 0.3) is 0 Å². The Bertz CT molecular complexity index is 1220. The van der Waals surface area contributed by atoms with Gasteiger partial charge in [0.2, 0.25) is 5.91 Å². The molecular formula is C26H33N3O5S. The molecule has 0 bridgehead atoms. The molecule has 2 aliphatic heterocycles. The van der Waals surface area contributed by atoms with Crippen molar-refractivity contribution in [2.45, 2.75) is 63.5 Å². The van der Waals surface area contributed by atoms with Gasteiger partial charge in [-0.05, 0) is 87.4 Å². The van der Waals surface area contributed by atoms with Crippen molar-refractivity contribution in [3.05, 3.63) is 58.7 Å². The highest BCUT2D eigenvalue weighted by atomic mass is 32.2. The smallest absolute Gasteiger partial charge is 0.262 e. The fourth-order valence-corrected chi connectivity index (χ4v) is 6.10. The van der Waals surface area contributed by atoms with E-state index in [1.54, 1.807) is 36.1 Å². The van der Waals surface area contributed by atoms with Gasteiger partial charge in [0.05, 0.1) is 11.0 Å². The van der Waals surface area contributed by atoms with Gasteiger partial charge in [0, 0.05) is 30.9 Å². The summed E-state index contributed by atoms with van der Waals surface area (Å²) >= 11 is 0. The SMILES string of the molecule is Cc1cc(C)c(S(=O)(=O)Nc2cccc(C(=O)N3CCC[C@@H]3C(=O)NC[C@H]3CCCO3)c2)cc1C. The number of anilines is 1. The lowest BCUT2D eigenvalue weighted by molar-refractivity contribution is -0.125. The lowest BCUT2D eigenvalue weighted by atomic mass is 10.1. The second kappa shape index (κ2) is 10.4. The van der Waals surface area contributed by atoms with Crippen LogP contribution in [0, 0.1) is 20.8 Å². The molecule has 0 spiro atoms. The van der Waals surface area contributed by atoms with Gasteiger partial charge in [-0.3, -0.25) is 14.3 Å². The van der Waals surface area contributed by atoms with Gasteiger partial charge < -0.3 is 15.0 Å².